The van der Waals surface area contributed by atoms with Gasteiger partial charge >= 0.3 is 0 Å². The van der Waals surface area contributed by atoms with Crippen LogP contribution >= 0.6 is 34.5 Å². The van der Waals surface area contributed by atoms with E-state index in [1.807, 2.05) is 0 Å². The molecule has 0 aliphatic rings. The third-order valence-electron chi connectivity index (χ3n) is 2.66. The molecule has 0 saturated carbocycles. The highest BCUT2D eigenvalue weighted by atomic mass is 35.5. The minimum Gasteiger partial charge on any atom is -0.297 e. The van der Waals surface area contributed by atoms with Gasteiger partial charge in [0, 0.05) is 16.1 Å². The molecule has 0 saturated heterocycles. The molecule has 1 N–H and O–H groups in total. The van der Waals surface area contributed by atoms with Crippen LogP contribution in [0.25, 0.3) is 6.08 Å². The van der Waals surface area contributed by atoms with E-state index < -0.39 is 15.7 Å². The Morgan fingerprint density at radius 1 is 1.35 bits per heavy atom. The zero-order chi connectivity index (χ0) is 17.0. The smallest absolute Gasteiger partial charge is 0.250 e. The van der Waals surface area contributed by atoms with Gasteiger partial charge in [-0.05, 0) is 23.8 Å². The van der Waals surface area contributed by atoms with Gasteiger partial charge in [-0.15, -0.1) is 10.2 Å². The molecule has 1 aromatic carbocycles. The first-order valence-corrected chi connectivity index (χ1v) is 9.54. The van der Waals surface area contributed by atoms with Crippen LogP contribution in [0.3, 0.4) is 0 Å². The van der Waals surface area contributed by atoms with Gasteiger partial charge in [0.05, 0.1) is 5.75 Å². The van der Waals surface area contributed by atoms with Crippen LogP contribution in [0.15, 0.2) is 28.6 Å². The molecule has 0 atom stereocenters. The SMILES string of the molecule is CCS(=O)(=O)c1nnc(NC(=O)/C=C/c2ccc(Cl)cc2Cl)s1. The van der Waals surface area contributed by atoms with Crippen molar-refractivity contribution in [1.29, 1.82) is 0 Å². The van der Waals surface area contributed by atoms with Gasteiger partial charge in [0.15, 0.2) is 0 Å². The maximum atomic E-state index is 11.8. The summed E-state index contributed by atoms with van der Waals surface area (Å²) in [6.07, 6.45) is 2.77. The zero-order valence-electron chi connectivity index (χ0n) is 11.8. The molecule has 0 spiro atoms. The van der Waals surface area contributed by atoms with Crippen LogP contribution in [0.4, 0.5) is 5.13 Å². The lowest BCUT2D eigenvalue weighted by atomic mass is 10.2. The average Bonchev–Trinajstić information content (AvgIpc) is 2.95. The Morgan fingerprint density at radius 3 is 2.74 bits per heavy atom. The summed E-state index contributed by atoms with van der Waals surface area (Å²) >= 11 is 12.6. The summed E-state index contributed by atoms with van der Waals surface area (Å²) in [6, 6.07) is 4.89. The maximum absolute atomic E-state index is 11.8. The highest BCUT2D eigenvalue weighted by Gasteiger charge is 2.18. The Bertz CT molecular complexity index is 863. The molecule has 1 amide bonds. The summed E-state index contributed by atoms with van der Waals surface area (Å²) in [5.41, 5.74) is 0.623. The highest BCUT2D eigenvalue weighted by Crippen LogP contribution is 2.23. The third-order valence-corrected chi connectivity index (χ3v) is 6.24. The van der Waals surface area contributed by atoms with Crippen LogP contribution < -0.4 is 5.32 Å². The van der Waals surface area contributed by atoms with E-state index in [0.717, 1.165) is 11.3 Å². The topological polar surface area (TPSA) is 89.0 Å². The number of amides is 1. The molecular formula is C13H11Cl2N3O3S2. The molecule has 1 heterocycles. The van der Waals surface area contributed by atoms with Crippen molar-refractivity contribution >= 4 is 61.5 Å². The van der Waals surface area contributed by atoms with Gasteiger partial charge in [0.25, 0.3) is 0 Å². The largest absolute Gasteiger partial charge is 0.297 e. The summed E-state index contributed by atoms with van der Waals surface area (Å²) in [5.74, 6) is -0.558. The third kappa shape index (κ3) is 4.74. The molecule has 10 heteroatoms. The van der Waals surface area contributed by atoms with E-state index in [4.69, 9.17) is 23.2 Å². The fourth-order valence-corrected chi connectivity index (χ4v) is 3.92. The Balaban J connectivity index is 2.07. The fourth-order valence-electron chi connectivity index (χ4n) is 1.46. The molecule has 23 heavy (non-hydrogen) atoms. The number of hydrogen-bond donors (Lipinski definition) is 1. The maximum Gasteiger partial charge on any atom is 0.250 e. The quantitative estimate of drug-likeness (QED) is 0.623. The normalized spacial score (nSPS) is 11.8. The molecule has 0 radical (unpaired) electrons. The van der Waals surface area contributed by atoms with Gasteiger partial charge in [-0.25, -0.2) is 8.42 Å². The van der Waals surface area contributed by atoms with E-state index in [2.05, 4.69) is 15.5 Å². The number of carbonyl (C=O) groups excluding carboxylic acids is 1. The molecule has 6 nitrogen and oxygen atoms in total. The molecule has 2 aromatic rings. The van der Waals surface area contributed by atoms with Crippen molar-refractivity contribution in [3.63, 3.8) is 0 Å². The van der Waals surface area contributed by atoms with Crippen molar-refractivity contribution in [2.75, 3.05) is 11.1 Å². The number of halogens is 2. The summed E-state index contributed by atoms with van der Waals surface area (Å²) in [5, 5.41) is 10.7. The molecule has 0 unspecified atom stereocenters. The van der Waals surface area contributed by atoms with Crippen molar-refractivity contribution in [1.82, 2.24) is 10.2 Å². The van der Waals surface area contributed by atoms with Gasteiger partial charge in [-0.2, -0.15) is 0 Å². The van der Waals surface area contributed by atoms with Crippen LogP contribution in [-0.2, 0) is 14.6 Å². The lowest BCUT2D eigenvalue weighted by Gasteiger charge is -1.99. The first-order valence-electron chi connectivity index (χ1n) is 6.32. The first kappa shape index (κ1) is 17.9. The van der Waals surface area contributed by atoms with E-state index in [1.54, 1.807) is 18.2 Å². The molecular weight excluding hydrogens is 381 g/mol. The van der Waals surface area contributed by atoms with E-state index in [1.165, 1.54) is 19.1 Å². The van der Waals surface area contributed by atoms with Gasteiger partial charge in [0.2, 0.25) is 25.2 Å². The second-order valence-corrected chi connectivity index (χ2v) is 8.54. The Hall–Kier alpha value is -1.48. The predicted octanol–water partition coefficient (Wildman–Crippen LogP) is 3.29. The highest BCUT2D eigenvalue weighted by molar-refractivity contribution is 7.93. The molecule has 0 fully saturated rings. The van der Waals surface area contributed by atoms with E-state index in [-0.39, 0.29) is 15.2 Å². The fraction of sp³-hybridized carbons (Fsp3) is 0.154. The van der Waals surface area contributed by atoms with Crippen LogP contribution in [-0.4, -0.2) is 30.3 Å². The minimum atomic E-state index is -3.43. The summed E-state index contributed by atoms with van der Waals surface area (Å²) in [4.78, 5) is 11.8. The first-order chi connectivity index (χ1) is 10.8. The lowest BCUT2D eigenvalue weighted by molar-refractivity contribution is -0.111. The molecule has 1 aromatic heterocycles. The lowest BCUT2D eigenvalue weighted by Crippen LogP contribution is -2.07. The van der Waals surface area contributed by atoms with Crippen LogP contribution in [0.2, 0.25) is 10.0 Å². The Kier molecular flexibility index (Phi) is 5.74. The molecule has 0 bridgehead atoms. The summed E-state index contributed by atoms with van der Waals surface area (Å²) in [7, 11) is -3.43. The van der Waals surface area contributed by atoms with Crippen LogP contribution in [0, 0.1) is 0 Å². The van der Waals surface area contributed by atoms with Crippen molar-refractivity contribution in [2.24, 2.45) is 0 Å². The van der Waals surface area contributed by atoms with E-state index >= 15 is 0 Å². The number of anilines is 1. The number of rotatable bonds is 5. The second kappa shape index (κ2) is 7.39. The standard InChI is InChI=1S/C13H11Cl2N3O3S2/c1-2-23(20,21)13-18-17-12(22-13)16-11(19)6-4-8-3-5-9(14)7-10(8)15/h3-7H,2H2,1H3,(H,16,17,19)/b6-4+. The van der Waals surface area contributed by atoms with Crippen LogP contribution in [0.1, 0.15) is 12.5 Å². The summed E-state index contributed by atoms with van der Waals surface area (Å²) in [6.45, 7) is 1.51. The molecule has 0 aliphatic heterocycles. The second-order valence-electron chi connectivity index (χ2n) is 4.26. The number of benzene rings is 1. The van der Waals surface area contributed by atoms with E-state index in [9.17, 15) is 13.2 Å². The van der Waals surface area contributed by atoms with Crippen molar-refractivity contribution < 1.29 is 13.2 Å². The number of hydrogen-bond acceptors (Lipinski definition) is 6. The number of aromatic nitrogens is 2. The van der Waals surface area contributed by atoms with Gasteiger partial charge in [0.1, 0.15) is 0 Å². The van der Waals surface area contributed by atoms with E-state index in [0.29, 0.717) is 15.6 Å². The Morgan fingerprint density at radius 2 is 2.09 bits per heavy atom. The molecule has 122 valence electrons. The monoisotopic (exact) mass is 391 g/mol. The van der Waals surface area contributed by atoms with Crippen molar-refractivity contribution in [3.05, 3.63) is 39.9 Å². The van der Waals surface area contributed by atoms with Crippen molar-refractivity contribution in [2.45, 2.75) is 11.3 Å². The van der Waals surface area contributed by atoms with Gasteiger partial charge in [-0.3, -0.25) is 10.1 Å². The minimum absolute atomic E-state index is 0.0788. The molecule has 0 aliphatic carbocycles. The number of nitrogens with one attached hydrogen (secondary N) is 1. The number of nitrogens with zero attached hydrogens (tertiary/aromatic N) is 2. The predicted molar refractivity (Wildman–Crippen MR) is 91.8 cm³/mol. The van der Waals surface area contributed by atoms with Crippen molar-refractivity contribution in [3.8, 4) is 0 Å². The molecule has 2 rings (SSSR count). The Labute approximate surface area is 147 Å². The number of sulfone groups is 1. The van der Waals surface area contributed by atoms with Crippen LogP contribution in [0.5, 0.6) is 0 Å². The average molecular weight is 392 g/mol. The number of carbonyl (C=O) groups is 1. The van der Waals surface area contributed by atoms with Gasteiger partial charge < -0.3 is 0 Å². The zero-order valence-corrected chi connectivity index (χ0v) is 14.9. The summed E-state index contributed by atoms with van der Waals surface area (Å²) < 4.78 is 23.1. The van der Waals surface area contributed by atoms with Gasteiger partial charge in [-0.1, -0.05) is 47.5 Å².